The normalized spacial score (nSPS) is 18.0. The van der Waals surface area contributed by atoms with Gasteiger partial charge in [0.25, 0.3) is 5.91 Å². The van der Waals surface area contributed by atoms with E-state index in [9.17, 15) is 18.0 Å². The van der Waals surface area contributed by atoms with E-state index in [4.69, 9.17) is 14.1 Å². The van der Waals surface area contributed by atoms with Crippen LogP contribution < -0.4 is 9.62 Å². The molecule has 0 saturated heterocycles. The highest BCUT2D eigenvalue weighted by molar-refractivity contribution is 7.92. The number of benzene rings is 2. The smallest absolute Gasteiger partial charge is 0.374 e. The summed E-state index contributed by atoms with van der Waals surface area (Å²) in [7, 11) is 0.411. The largest absolute Gasteiger partial charge is 0.463 e. The Morgan fingerprint density at radius 3 is 2.56 bits per heavy atom. The van der Waals surface area contributed by atoms with Crippen molar-refractivity contribution < 1.29 is 31.6 Å². The van der Waals surface area contributed by atoms with Crippen LogP contribution in [0.15, 0.2) is 87.9 Å². The molecule has 0 radical (unpaired) electrons. The van der Waals surface area contributed by atoms with Gasteiger partial charge in [0, 0.05) is 42.4 Å². The van der Waals surface area contributed by atoms with E-state index in [0.717, 1.165) is 16.1 Å². The summed E-state index contributed by atoms with van der Waals surface area (Å²) >= 11 is 0. The Morgan fingerprint density at radius 1 is 1.12 bits per heavy atom. The third-order valence-electron chi connectivity index (χ3n) is 8.69. The van der Waals surface area contributed by atoms with Crippen molar-refractivity contribution in [1.29, 1.82) is 0 Å². The van der Waals surface area contributed by atoms with Crippen LogP contribution in [0, 0.1) is 12.8 Å². The molecule has 1 aliphatic carbocycles. The number of ether oxygens (including phenoxy) is 1. The molecule has 0 spiro atoms. The summed E-state index contributed by atoms with van der Waals surface area (Å²) in [5, 5.41) is 3.13. The number of rotatable bonds is 6. The Hall–Kier alpha value is -5.56. The van der Waals surface area contributed by atoms with Gasteiger partial charge in [0.2, 0.25) is 15.9 Å². The molecule has 4 aromatic rings. The number of esters is 1. The van der Waals surface area contributed by atoms with Gasteiger partial charge in [0.15, 0.2) is 0 Å². The molecule has 1 amide bonds. The molecule has 48 heavy (non-hydrogen) atoms. The van der Waals surface area contributed by atoms with Crippen LogP contribution in [-0.2, 0) is 19.6 Å². The van der Waals surface area contributed by atoms with Crippen molar-refractivity contribution in [1.82, 2.24) is 15.2 Å². The number of carbonyl (C=O) groups is 2. The lowest BCUT2D eigenvalue weighted by Gasteiger charge is -2.30. The van der Waals surface area contributed by atoms with Gasteiger partial charge < -0.3 is 14.5 Å². The third kappa shape index (κ3) is 4.89. The summed E-state index contributed by atoms with van der Waals surface area (Å²) in [5.41, 5.74) is 4.92. The number of fused-ring (bicyclic) bond motifs is 6. The first kappa shape index (κ1) is 31.1. The van der Waals surface area contributed by atoms with E-state index >= 15 is 4.39 Å². The predicted molar refractivity (Wildman–Crippen MR) is 181 cm³/mol. The number of aromatic nitrogens is 1. The van der Waals surface area contributed by atoms with E-state index in [1.54, 1.807) is 47.4 Å². The number of aliphatic imine (C=N–C) groups is 1. The van der Waals surface area contributed by atoms with E-state index in [-0.39, 0.29) is 23.0 Å². The number of sulfonamides is 1. The van der Waals surface area contributed by atoms with Crippen LogP contribution >= 0.6 is 0 Å². The summed E-state index contributed by atoms with van der Waals surface area (Å²) in [6.45, 7) is 1.95. The number of halogens is 1. The zero-order valence-electron chi connectivity index (χ0n) is 26.6. The third-order valence-corrected chi connectivity index (χ3v) is 9.88. The number of nitrogens with zero attached hydrogens (tertiary/aromatic N) is 4. The van der Waals surface area contributed by atoms with Crippen LogP contribution in [0.4, 0.5) is 15.8 Å². The molecule has 0 saturated carbocycles. The monoisotopic (exact) mass is 667 g/mol. The maximum absolute atomic E-state index is 15.1. The standard InChI is InChI=1S/C35H30FN5O6S/c1-18-9-11-19(12-10-18)32-30(34(42)37-2)22-15-21(27(17-29(22)47-32)40(3)48(5,44)45)24-13-14-25-31(38-24)28-16-20-23(36)7-6-8-26(20)41(28)33(39-25)35(43)46-4/h6-17,20,23H,1-5H3,(H,37,42). The summed E-state index contributed by atoms with van der Waals surface area (Å²) in [5.74, 6) is -1.47. The van der Waals surface area contributed by atoms with E-state index < -0.39 is 28.1 Å². The molecule has 3 aliphatic rings. The van der Waals surface area contributed by atoms with Crippen LogP contribution in [-0.4, -0.2) is 69.6 Å². The molecular formula is C35H30FN5O6S. The number of nitrogens with one attached hydrogen (secondary N) is 1. The van der Waals surface area contributed by atoms with Gasteiger partial charge in [0.05, 0.1) is 47.6 Å². The van der Waals surface area contributed by atoms with Crippen LogP contribution in [0.5, 0.6) is 0 Å². The second kappa shape index (κ2) is 11.3. The first-order chi connectivity index (χ1) is 22.9. The van der Waals surface area contributed by atoms with Crippen molar-refractivity contribution in [3.8, 4) is 22.6 Å². The number of hydrogen-bond acceptors (Lipinski definition) is 9. The minimum absolute atomic E-state index is 0.0294. The molecule has 2 aliphatic heterocycles. The van der Waals surface area contributed by atoms with Gasteiger partial charge in [-0.2, -0.15) is 0 Å². The molecule has 0 bridgehead atoms. The first-order valence-electron chi connectivity index (χ1n) is 15.0. The Kier molecular flexibility index (Phi) is 7.31. The number of carbonyl (C=O) groups excluding carboxylic acids is 2. The van der Waals surface area contributed by atoms with Crippen molar-refractivity contribution in [2.24, 2.45) is 10.9 Å². The quantitative estimate of drug-likeness (QED) is 0.266. The molecule has 2 atom stereocenters. The number of pyridine rings is 1. The van der Waals surface area contributed by atoms with E-state index in [0.29, 0.717) is 56.3 Å². The maximum atomic E-state index is 15.1. The highest BCUT2D eigenvalue weighted by Crippen LogP contribution is 2.47. The molecule has 11 nitrogen and oxygen atoms in total. The van der Waals surface area contributed by atoms with Gasteiger partial charge in [0.1, 0.15) is 23.2 Å². The van der Waals surface area contributed by atoms with Crippen molar-refractivity contribution in [3.63, 3.8) is 0 Å². The number of allylic oxidation sites excluding steroid dienone is 4. The molecule has 1 N–H and O–H groups in total. The predicted octanol–water partition coefficient (Wildman–Crippen LogP) is 5.51. The topological polar surface area (TPSA) is 134 Å². The van der Waals surface area contributed by atoms with Crippen LogP contribution in [0.2, 0.25) is 0 Å². The number of alkyl halides is 1. The van der Waals surface area contributed by atoms with Gasteiger partial charge in [-0.05, 0) is 43.4 Å². The SMILES string of the molecule is CNC(=O)c1c(-c2ccc(C)cc2)oc2cc(N(C)S(C)(=O)=O)c(-c3ccc4c(n3)C3=CC5C(=CC=CC5F)N3C(C(=O)OC)=N4)cc12. The van der Waals surface area contributed by atoms with Crippen molar-refractivity contribution in [2.45, 2.75) is 13.1 Å². The number of anilines is 1. The summed E-state index contributed by atoms with van der Waals surface area (Å²) in [6, 6.07) is 14.1. The molecule has 2 aromatic heterocycles. The number of hydrogen-bond donors (Lipinski definition) is 1. The van der Waals surface area contributed by atoms with E-state index in [1.165, 1.54) is 27.3 Å². The zero-order chi connectivity index (χ0) is 34.1. The Balaban J connectivity index is 1.48. The van der Waals surface area contributed by atoms with Crippen molar-refractivity contribution >= 4 is 55.8 Å². The van der Waals surface area contributed by atoms with Crippen molar-refractivity contribution in [3.05, 3.63) is 95.4 Å². The van der Waals surface area contributed by atoms with Gasteiger partial charge in [-0.1, -0.05) is 35.9 Å². The van der Waals surface area contributed by atoms with E-state index in [2.05, 4.69) is 10.3 Å². The molecule has 0 fully saturated rings. The van der Waals surface area contributed by atoms with Crippen molar-refractivity contribution in [2.75, 3.05) is 31.8 Å². The summed E-state index contributed by atoms with van der Waals surface area (Å²) < 4.78 is 53.3. The Bertz CT molecular complexity index is 2290. The van der Waals surface area contributed by atoms with Crippen LogP contribution in [0.25, 0.3) is 39.2 Å². The van der Waals surface area contributed by atoms with Gasteiger partial charge >= 0.3 is 5.97 Å². The lowest BCUT2D eigenvalue weighted by molar-refractivity contribution is -0.133. The van der Waals surface area contributed by atoms with Gasteiger partial charge in [-0.15, -0.1) is 0 Å². The fourth-order valence-electron chi connectivity index (χ4n) is 6.17. The minimum Gasteiger partial charge on any atom is -0.463 e. The molecule has 13 heteroatoms. The average molecular weight is 668 g/mol. The summed E-state index contributed by atoms with van der Waals surface area (Å²) in [6.07, 6.45) is 6.19. The fraction of sp³-hybridized carbons (Fsp3) is 0.200. The zero-order valence-corrected chi connectivity index (χ0v) is 27.4. The number of amides is 1. The van der Waals surface area contributed by atoms with Gasteiger partial charge in [-0.3, -0.25) is 14.0 Å². The minimum atomic E-state index is -3.77. The van der Waals surface area contributed by atoms with E-state index in [1.807, 2.05) is 31.2 Å². The maximum Gasteiger partial charge on any atom is 0.374 e. The Labute approximate surface area is 275 Å². The molecule has 2 unspecified atom stereocenters. The molecule has 7 rings (SSSR count). The number of aryl methyl sites for hydroxylation is 1. The van der Waals surface area contributed by atoms with Crippen LogP contribution in [0.1, 0.15) is 21.6 Å². The fourth-order valence-corrected chi connectivity index (χ4v) is 6.68. The average Bonchev–Trinajstić information content (AvgIpc) is 3.66. The van der Waals surface area contributed by atoms with Crippen LogP contribution in [0.3, 0.4) is 0 Å². The first-order valence-corrected chi connectivity index (χ1v) is 16.8. The lowest BCUT2D eigenvalue weighted by atomic mass is 9.96. The number of furan rings is 1. The highest BCUT2D eigenvalue weighted by atomic mass is 32.2. The second-order valence-corrected chi connectivity index (χ2v) is 13.7. The summed E-state index contributed by atoms with van der Waals surface area (Å²) in [4.78, 5) is 37.2. The lowest BCUT2D eigenvalue weighted by Crippen LogP contribution is -2.37. The molecule has 2 aromatic carbocycles. The number of methoxy groups -OCH3 is 1. The van der Waals surface area contributed by atoms with Gasteiger partial charge in [-0.25, -0.2) is 27.6 Å². The Morgan fingerprint density at radius 2 is 1.88 bits per heavy atom. The molecular weight excluding hydrogens is 637 g/mol. The molecule has 4 heterocycles. The molecule has 244 valence electrons. The second-order valence-electron chi connectivity index (χ2n) is 11.7. The highest BCUT2D eigenvalue weighted by Gasteiger charge is 2.43. The number of amidine groups is 1.